The average molecular weight is 410 g/mol. The molecule has 0 saturated heterocycles. The van der Waals surface area contributed by atoms with Crippen LogP contribution in [0.5, 0.6) is 0 Å². The molecule has 0 atom stereocenters. The number of halogens is 3. The van der Waals surface area contributed by atoms with Crippen molar-refractivity contribution in [1.29, 1.82) is 0 Å². The van der Waals surface area contributed by atoms with E-state index < -0.39 is 10.0 Å². The van der Waals surface area contributed by atoms with Gasteiger partial charge in [0.2, 0.25) is 0 Å². The van der Waals surface area contributed by atoms with E-state index in [0.717, 1.165) is 4.47 Å². The Hall–Kier alpha value is -0.950. The number of hydrogen-bond acceptors (Lipinski definition) is 3. The van der Waals surface area contributed by atoms with Gasteiger partial charge < -0.3 is 5.73 Å². The monoisotopic (exact) mass is 408 g/mol. The molecule has 2 rings (SSSR count). The van der Waals surface area contributed by atoms with Crippen molar-refractivity contribution in [1.82, 2.24) is 0 Å². The van der Waals surface area contributed by atoms with Crippen LogP contribution in [0.1, 0.15) is 5.56 Å². The molecule has 0 aromatic heterocycles. The molecule has 2 aromatic rings. The van der Waals surface area contributed by atoms with Crippen LogP contribution in [-0.4, -0.2) is 8.42 Å². The van der Waals surface area contributed by atoms with E-state index in [1.165, 1.54) is 12.1 Å². The number of hydrogen-bond donors (Lipinski definition) is 2. The van der Waals surface area contributed by atoms with E-state index in [2.05, 4.69) is 20.7 Å². The molecule has 0 heterocycles. The summed E-state index contributed by atoms with van der Waals surface area (Å²) >= 11 is 15.2. The van der Waals surface area contributed by atoms with E-state index in [1.807, 2.05) is 0 Å². The highest BCUT2D eigenvalue weighted by atomic mass is 79.9. The quantitative estimate of drug-likeness (QED) is 0.735. The van der Waals surface area contributed by atoms with E-state index in [1.54, 1.807) is 25.1 Å². The van der Waals surface area contributed by atoms with Crippen molar-refractivity contribution in [2.24, 2.45) is 0 Å². The van der Waals surface area contributed by atoms with E-state index >= 15 is 0 Å². The van der Waals surface area contributed by atoms with Gasteiger partial charge in [-0.3, -0.25) is 4.72 Å². The van der Waals surface area contributed by atoms with Gasteiger partial charge in [-0.15, -0.1) is 0 Å². The van der Waals surface area contributed by atoms with E-state index in [4.69, 9.17) is 28.9 Å². The van der Waals surface area contributed by atoms with Gasteiger partial charge in [0.05, 0.1) is 15.6 Å². The first-order valence-electron chi connectivity index (χ1n) is 5.74. The van der Waals surface area contributed by atoms with Gasteiger partial charge in [-0.1, -0.05) is 39.1 Å². The summed E-state index contributed by atoms with van der Waals surface area (Å²) in [7, 11) is -3.82. The molecular formula is C13H11BrCl2N2O2S. The number of nitrogens with two attached hydrogens (primary N) is 1. The van der Waals surface area contributed by atoms with Gasteiger partial charge in [0.25, 0.3) is 10.0 Å². The Morgan fingerprint density at radius 3 is 2.38 bits per heavy atom. The van der Waals surface area contributed by atoms with Crippen LogP contribution in [-0.2, 0) is 10.0 Å². The van der Waals surface area contributed by atoms with Crippen molar-refractivity contribution >= 4 is 60.5 Å². The smallest absolute Gasteiger partial charge is 0.262 e. The second-order valence-corrected chi connectivity index (χ2v) is 7.76. The van der Waals surface area contributed by atoms with Gasteiger partial charge in [0.15, 0.2) is 0 Å². The molecule has 0 fully saturated rings. The molecule has 2 aromatic carbocycles. The summed E-state index contributed by atoms with van der Waals surface area (Å²) in [4.78, 5) is -0.0189. The van der Waals surface area contributed by atoms with Crippen LogP contribution < -0.4 is 10.5 Å². The normalized spacial score (nSPS) is 11.4. The zero-order valence-electron chi connectivity index (χ0n) is 10.8. The number of rotatable bonds is 3. The summed E-state index contributed by atoms with van der Waals surface area (Å²) in [5, 5.41) is 0.566. The molecule has 0 bridgehead atoms. The maximum Gasteiger partial charge on any atom is 0.262 e. The first-order chi connectivity index (χ1) is 9.70. The highest BCUT2D eigenvalue weighted by Crippen LogP contribution is 2.30. The molecule has 0 spiro atoms. The number of nitrogens with one attached hydrogen (secondary N) is 1. The summed E-state index contributed by atoms with van der Waals surface area (Å²) in [5.74, 6) is 0. The minimum absolute atomic E-state index is 0.0189. The van der Waals surface area contributed by atoms with Gasteiger partial charge >= 0.3 is 0 Å². The standard InChI is InChI=1S/C13H11BrCl2N2O2S/c1-7-10(15)5-9(6-12(7)17)21(19,20)18-13-3-2-8(14)4-11(13)16/h2-6,18H,17H2,1H3. The Morgan fingerprint density at radius 1 is 1.14 bits per heavy atom. The second-order valence-electron chi connectivity index (χ2n) is 4.35. The fraction of sp³-hybridized carbons (Fsp3) is 0.0769. The van der Waals surface area contributed by atoms with E-state index in [-0.39, 0.29) is 20.6 Å². The molecule has 3 N–H and O–H groups in total. The minimum atomic E-state index is -3.82. The molecule has 0 aliphatic heterocycles. The Balaban J connectivity index is 2.43. The molecule has 0 aliphatic rings. The summed E-state index contributed by atoms with van der Waals surface area (Å²) in [6, 6.07) is 7.54. The molecule has 21 heavy (non-hydrogen) atoms. The molecule has 0 aliphatic carbocycles. The molecule has 112 valence electrons. The zero-order valence-corrected chi connectivity index (χ0v) is 14.7. The van der Waals surface area contributed by atoms with Gasteiger partial charge in [0, 0.05) is 15.2 Å². The molecule has 0 saturated carbocycles. The van der Waals surface area contributed by atoms with Crippen LogP contribution in [0.25, 0.3) is 0 Å². The van der Waals surface area contributed by atoms with Crippen molar-refractivity contribution in [2.75, 3.05) is 10.5 Å². The highest BCUT2D eigenvalue weighted by Gasteiger charge is 2.18. The zero-order chi connectivity index (χ0) is 15.8. The summed E-state index contributed by atoms with van der Waals surface area (Å²) in [6.45, 7) is 1.72. The van der Waals surface area contributed by atoms with Gasteiger partial charge in [0.1, 0.15) is 0 Å². The van der Waals surface area contributed by atoms with Gasteiger partial charge in [-0.05, 0) is 42.8 Å². The summed E-state index contributed by atoms with van der Waals surface area (Å²) in [5.41, 5.74) is 6.97. The van der Waals surface area contributed by atoms with Crippen molar-refractivity contribution in [3.63, 3.8) is 0 Å². The third-order valence-electron chi connectivity index (χ3n) is 2.84. The lowest BCUT2D eigenvalue weighted by Gasteiger charge is -2.12. The Labute approximate surface area is 141 Å². The first-order valence-corrected chi connectivity index (χ1v) is 8.77. The predicted octanol–water partition coefficient (Wildman–Crippen LogP) is 4.45. The third-order valence-corrected chi connectivity index (χ3v) is 5.39. The van der Waals surface area contributed by atoms with Crippen LogP contribution in [0.15, 0.2) is 39.7 Å². The average Bonchev–Trinajstić information content (AvgIpc) is 2.38. The van der Waals surface area contributed by atoms with Crippen LogP contribution in [0.4, 0.5) is 11.4 Å². The molecule has 0 unspecified atom stereocenters. The molecule has 8 heteroatoms. The van der Waals surface area contributed by atoms with Gasteiger partial charge in [-0.2, -0.15) is 0 Å². The van der Waals surface area contributed by atoms with Crippen LogP contribution in [0, 0.1) is 6.92 Å². The largest absolute Gasteiger partial charge is 0.398 e. The minimum Gasteiger partial charge on any atom is -0.398 e. The SMILES string of the molecule is Cc1c(N)cc(S(=O)(=O)Nc2ccc(Br)cc2Cl)cc1Cl. The molecule has 4 nitrogen and oxygen atoms in total. The lowest BCUT2D eigenvalue weighted by molar-refractivity contribution is 0.601. The summed E-state index contributed by atoms with van der Waals surface area (Å²) in [6.07, 6.45) is 0. The maximum absolute atomic E-state index is 12.4. The fourth-order valence-electron chi connectivity index (χ4n) is 1.61. The Bertz CT molecular complexity index is 787. The lowest BCUT2D eigenvalue weighted by Crippen LogP contribution is -2.14. The van der Waals surface area contributed by atoms with Crippen molar-refractivity contribution in [3.8, 4) is 0 Å². The van der Waals surface area contributed by atoms with Crippen LogP contribution in [0.3, 0.4) is 0 Å². The van der Waals surface area contributed by atoms with Crippen molar-refractivity contribution in [3.05, 3.63) is 50.4 Å². The fourth-order valence-corrected chi connectivity index (χ4v) is 3.81. The molecular weight excluding hydrogens is 399 g/mol. The molecule has 0 amide bonds. The number of sulfonamides is 1. The van der Waals surface area contributed by atoms with E-state index in [9.17, 15) is 8.42 Å². The number of anilines is 2. The Morgan fingerprint density at radius 2 is 1.81 bits per heavy atom. The number of nitrogen functional groups attached to an aromatic ring is 1. The predicted molar refractivity (Wildman–Crippen MR) is 90.6 cm³/mol. The van der Waals surface area contributed by atoms with E-state index in [0.29, 0.717) is 11.3 Å². The Kier molecular flexibility index (Phi) is 4.72. The number of benzene rings is 2. The maximum atomic E-state index is 12.4. The highest BCUT2D eigenvalue weighted by molar-refractivity contribution is 9.10. The van der Waals surface area contributed by atoms with Crippen molar-refractivity contribution < 1.29 is 8.42 Å². The lowest BCUT2D eigenvalue weighted by atomic mass is 10.2. The molecule has 0 radical (unpaired) electrons. The van der Waals surface area contributed by atoms with Gasteiger partial charge in [-0.25, -0.2) is 8.42 Å². The third kappa shape index (κ3) is 3.63. The topological polar surface area (TPSA) is 72.2 Å². The van der Waals surface area contributed by atoms with Crippen molar-refractivity contribution in [2.45, 2.75) is 11.8 Å². The summed E-state index contributed by atoms with van der Waals surface area (Å²) < 4.78 is 27.9. The van der Waals surface area contributed by atoms with Crippen LogP contribution in [0.2, 0.25) is 10.0 Å². The first kappa shape index (κ1) is 16.4. The second kappa shape index (κ2) is 6.04. The van der Waals surface area contributed by atoms with Crippen LogP contribution >= 0.6 is 39.1 Å².